The fraction of sp³-hybridized carbons (Fsp3) is 0.238. The highest BCUT2D eigenvalue weighted by molar-refractivity contribution is 6.30. The number of aryl methyl sites for hydroxylation is 1. The number of rotatable bonds is 7. The first-order valence-corrected chi connectivity index (χ1v) is 9.10. The Kier molecular flexibility index (Phi) is 6.27. The molecule has 0 spiro atoms. The first-order chi connectivity index (χ1) is 13.1. The molecule has 27 heavy (non-hydrogen) atoms. The highest BCUT2D eigenvalue weighted by atomic mass is 35.5. The monoisotopic (exact) mass is 385 g/mol. The van der Waals surface area contributed by atoms with Crippen LogP contribution in [0.1, 0.15) is 23.1 Å². The van der Waals surface area contributed by atoms with Gasteiger partial charge >= 0.3 is 0 Å². The van der Waals surface area contributed by atoms with Crippen LogP contribution in [0.4, 0.5) is 0 Å². The zero-order chi connectivity index (χ0) is 19.2. The summed E-state index contributed by atoms with van der Waals surface area (Å²) in [6, 6.07) is 12.6. The number of carbonyl (C=O) groups excluding carboxylic acids is 1. The van der Waals surface area contributed by atoms with Crippen molar-refractivity contribution >= 4 is 28.5 Å². The first kappa shape index (κ1) is 19.1. The van der Waals surface area contributed by atoms with E-state index in [9.17, 15) is 9.59 Å². The van der Waals surface area contributed by atoms with Gasteiger partial charge in [-0.3, -0.25) is 9.59 Å². The molecule has 0 aliphatic rings. The molecule has 2 aromatic carbocycles. The van der Waals surface area contributed by atoms with Crippen molar-refractivity contribution in [3.8, 4) is 0 Å². The molecular weight excluding hydrogens is 366 g/mol. The van der Waals surface area contributed by atoms with Crippen LogP contribution >= 0.6 is 11.6 Å². The van der Waals surface area contributed by atoms with Crippen LogP contribution in [0, 0.1) is 0 Å². The van der Waals surface area contributed by atoms with E-state index in [2.05, 4.69) is 5.32 Å². The molecule has 0 radical (unpaired) electrons. The number of nitrogens with one attached hydrogen (secondary N) is 1. The van der Waals surface area contributed by atoms with Gasteiger partial charge in [0.25, 0.3) is 0 Å². The van der Waals surface area contributed by atoms with Gasteiger partial charge in [-0.25, -0.2) is 0 Å². The van der Waals surface area contributed by atoms with Crippen molar-refractivity contribution in [1.29, 1.82) is 0 Å². The SMILES string of the molecule is O=C(Cc1coc2ccc(CCCO)cc2c1=O)NCc1ccc(Cl)cc1. The highest BCUT2D eigenvalue weighted by Gasteiger charge is 2.12. The van der Waals surface area contributed by atoms with Gasteiger partial charge in [-0.05, 0) is 48.2 Å². The van der Waals surface area contributed by atoms with Gasteiger partial charge in [-0.2, -0.15) is 0 Å². The van der Waals surface area contributed by atoms with E-state index in [-0.39, 0.29) is 24.4 Å². The summed E-state index contributed by atoms with van der Waals surface area (Å²) in [7, 11) is 0. The molecule has 6 heteroatoms. The Labute approximate surface area is 161 Å². The quantitative estimate of drug-likeness (QED) is 0.654. The Morgan fingerprint density at radius 2 is 1.85 bits per heavy atom. The average Bonchev–Trinajstić information content (AvgIpc) is 2.68. The molecule has 2 N–H and O–H groups in total. The van der Waals surface area contributed by atoms with Crippen molar-refractivity contribution in [1.82, 2.24) is 5.32 Å². The molecule has 0 aliphatic carbocycles. The van der Waals surface area contributed by atoms with E-state index in [0.717, 1.165) is 11.1 Å². The van der Waals surface area contributed by atoms with Crippen molar-refractivity contribution in [3.05, 3.63) is 80.7 Å². The number of hydrogen-bond donors (Lipinski definition) is 2. The second-order valence-electron chi connectivity index (χ2n) is 6.33. The average molecular weight is 386 g/mol. The molecule has 0 fully saturated rings. The lowest BCUT2D eigenvalue weighted by Gasteiger charge is -2.07. The molecule has 1 aromatic heterocycles. The Balaban J connectivity index is 1.71. The lowest BCUT2D eigenvalue weighted by molar-refractivity contribution is -0.120. The molecule has 0 saturated carbocycles. The maximum Gasteiger partial charge on any atom is 0.224 e. The molecular formula is C21H20ClNO4. The van der Waals surface area contributed by atoms with Gasteiger partial charge in [0.15, 0.2) is 5.43 Å². The maximum atomic E-state index is 12.7. The molecule has 0 bridgehead atoms. The summed E-state index contributed by atoms with van der Waals surface area (Å²) in [4.78, 5) is 24.9. The predicted octanol–water partition coefficient (Wildman–Crippen LogP) is 3.23. The van der Waals surface area contributed by atoms with E-state index < -0.39 is 0 Å². The third-order valence-corrected chi connectivity index (χ3v) is 4.54. The van der Waals surface area contributed by atoms with Gasteiger partial charge in [-0.1, -0.05) is 29.8 Å². The third-order valence-electron chi connectivity index (χ3n) is 4.29. The second-order valence-corrected chi connectivity index (χ2v) is 6.76. The normalized spacial score (nSPS) is 10.9. The molecule has 0 atom stereocenters. The summed E-state index contributed by atoms with van der Waals surface area (Å²) >= 11 is 5.84. The standard InChI is InChI=1S/C21H20ClNO4/c22-17-6-3-15(4-7-17)12-23-20(25)11-16-13-27-19-8-5-14(2-1-9-24)10-18(19)21(16)26/h3-8,10,13,24H,1-2,9,11-12H2,(H,23,25). The summed E-state index contributed by atoms with van der Waals surface area (Å²) in [6.07, 6.45) is 2.61. The number of carbonyl (C=O) groups is 1. The molecule has 0 saturated heterocycles. The van der Waals surface area contributed by atoms with Crippen LogP contribution < -0.4 is 10.7 Å². The van der Waals surface area contributed by atoms with Crippen molar-refractivity contribution in [3.63, 3.8) is 0 Å². The maximum absolute atomic E-state index is 12.7. The molecule has 1 heterocycles. The summed E-state index contributed by atoms with van der Waals surface area (Å²) in [5.74, 6) is -0.256. The van der Waals surface area contributed by atoms with Crippen LogP contribution in [-0.4, -0.2) is 17.6 Å². The van der Waals surface area contributed by atoms with Gasteiger partial charge in [0.1, 0.15) is 5.58 Å². The van der Waals surface area contributed by atoms with E-state index in [1.165, 1.54) is 6.26 Å². The van der Waals surface area contributed by atoms with Crippen molar-refractivity contribution in [2.24, 2.45) is 0 Å². The van der Waals surface area contributed by atoms with Crippen LogP contribution in [0.25, 0.3) is 11.0 Å². The Morgan fingerprint density at radius 3 is 2.59 bits per heavy atom. The Morgan fingerprint density at radius 1 is 1.11 bits per heavy atom. The van der Waals surface area contributed by atoms with Crippen LogP contribution in [0.3, 0.4) is 0 Å². The highest BCUT2D eigenvalue weighted by Crippen LogP contribution is 2.15. The largest absolute Gasteiger partial charge is 0.464 e. The van der Waals surface area contributed by atoms with Crippen LogP contribution in [0.15, 0.2) is 57.9 Å². The second kappa shape index (κ2) is 8.84. The molecule has 3 rings (SSSR count). The van der Waals surface area contributed by atoms with Gasteiger partial charge < -0.3 is 14.8 Å². The van der Waals surface area contributed by atoms with Crippen LogP contribution in [-0.2, 0) is 24.2 Å². The molecule has 5 nitrogen and oxygen atoms in total. The van der Waals surface area contributed by atoms with Gasteiger partial charge in [0.05, 0.1) is 18.1 Å². The Bertz CT molecular complexity index is 995. The minimum Gasteiger partial charge on any atom is -0.464 e. The zero-order valence-electron chi connectivity index (χ0n) is 14.7. The molecule has 1 amide bonds. The third kappa shape index (κ3) is 4.96. The molecule has 0 aliphatic heterocycles. The number of fused-ring (bicyclic) bond motifs is 1. The van der Waals surface area contributed by atoms with Crippen LogP contribution in [0.5, 0.6) is 0 Å². The summed E-state index contributed by atoms with van der Waals surface area (Å²) in [5.41, 5.74) is 2.47. The minimum atomic E-state index is -0.256. The number of hydrogen-bond acceptors (Lipinski definition) is 4. The van der Waals surface area contributed by atoms with E-state index in [1.54, 1.807) is 24.3 Å². The molecule has 140 valence electrons. The first-order valence-electron chi connectivity index (χ1n) is 8.72. The topological polar surface area (TPSA) is 79.5 Å². The van der Waals surface area contributed by atoms with Crippen molar-refractivity contribution in [2.45, 2.75) is 25.8 Å². The number of benzene rings is 2. The summed E-state index contributed by atoms with van der Waals surface area (Å²) in [6.45, 7) is 0.459. The Hall–Kier alpha value is -2.63. The lowest BCUT2D eigenvalue weighted by Crippen LogP contribution is -2.26. The minimum absolute atomic E-state index is 0.0489. The van der Waals surface area contributed by atoms with Gasteiger partial charge in [0.2, 0.25) is 5.91 Å². The number of amides is 1. The molecule has 3 aromatic rings. The van der Waals surface area contributed by atoms with E-state index >= 15 is 0 Å². The lowest BCUT2D eigenvalue weighted by atomic mass is 10.1. The molecule has 0 unspecified atom stereocenters. The van der Waals surface area contributed by atoms with Crippen LogP contribution in [0.2, 0.25) is 5.02 Å². The van der Waals surface area contributed by atoms with E-state index in [4.69, 9.17) is 21.1 Å². The van der Waals surface area contributed by atoms with Crippen molar-refractivity contribution in [2.75, 3.05) is 6.61 Å². The number of aliphatic hydroxyl groups is 1. The van der Waals surface area contributed by atoms with Crippen molar-refractivity contribution < 1.29 is 14.3 Å². The fourth-order valence-corrected chi connectivity index (χ4v) is 2.94. The smallest absolute Gasteiger partial charge is 0.224 e. The predicted molar refractivity (Wildman–Crippen MR) is 105 cm³/mol. The number of aliphatic hydroxyl groups excluding tert-OH is 1. The summed E-state index contributed by atoms with van der Waals surface area (Å²) in [5, 5.41) is 12.8. The van der Waals surface area contributed by atoms with E-state index in [0.29, 0.717) is 40.9 Å². The van der Waals surface area contributed by atoms with Gasteiger partial charge in [0, 0.05) is 23.7 Å². The summed E-state index contributed by atoms with van der Waals surface area (Å²) < 4.78 is 5.52. The van der Waals surface area contributed by atoms with E-state index in [1.807, 2.05) is 18.2 Å². The zero-order valence-corrected chi connectivity index (χ0v) is 15.5. The fourth-order valence-electron chi connectivity index (χ4n) is 2.82. The van der Waals surface area contributed by atoms with Gasteiger partial charge in [-0.15, -0.1) is 0 Å². The number of halogens is 1.